The minimum atomic E-state index is -0.202. The summed E-state index contributed by atoms with van der Waals surface area (Å²) in [4.78, 5) is 8.80. The van der Waals surface area contributed by atoms with Crippen LogP contribution in [0.2, 0.25) is 0 Å². The summed E-state index contributed by atoms with van der Waals surface area (Å²) in [6.07, 6.45) is 0.819. The highest BCUT2D eigenvalue weighted by molar-refractivity contribution is 5.47. The molecule has 5 heteroatoms. The van der Waals surface area contributed by atoms with Gasteiger partial charge in [0.1, 0.15) is 17.5 Å². The lowest BCUT2D eigenvalue weighted by molar-refractivity contribution is 0.000638. The van der Waals surface area contributed by atoms with Gasteiger partial charge >= 0.3 is 0 Å². The molecule has 2 N–H and O–H groups in total. The molecule has 0 aromatic carbocycles. The minimum absolute atomic E-state index is 0.202. The van der Waals surface area contributed by atoms with Gasteiger partial charge in [0.15, 0.2) is 0 Å². The van der Waals surface area contributed by atoms with Gasteiger partial charge < -0.3 is 15.4 Å². The van der Waals surface area contributed by atoms with Crippen molar-refractivity contribution in [3.8, 4) is 0 Å². The number of aryl methyl sites for hydroxylation is 1. The Morgan fingerprint density at radius 1 is 1.22 bits per heavy atom. The number of nitrogens with one attached hydrogen (secondary N) is 2. The molecule has 0 bridgehead atoms. The second kappa shape index (κ2) is 6.54. The van der Waals surface area contributed by atoms with Gasteiger partial charge in [-0.1, -0.05) is 6.92 Å². The first-order valence-corrected chi connectivity index (χ1v) is 6.44. The molecule has 0 saturated carbocycles. The molecule has 1 aromatic heterocycles. The van der Waals surface area contributed by atoms with Crippen LogP contribution in [-0.4, -0.2) is 35.8 Å². The Hall–Kier alpha value is -1.36. The average molecular weight is 252 g/mol. The Bertz CT molecular complexity index is 357. The van der Waals surface area contributed by atoms with Crippen molar-refractivity contribution in [2.24, 2.45) is 0 Å². The van der Waals surface area contributed by atoms with Crippen molar-refractivity contribution in [2.75, 3.05) is 30.8 Å². The standard InChI is InChI=1S/C13H24N4O/c1-6-10-16-11(14-5)8-12(17-10)15-9-13(3,4)18-7-2/h8H,6-7,9H2,1-5H3,(H2,14,15,16,17). The van der Waals surface area contributed by atoms with E-state index >= 15 is 0 Å². The van der Waals surface area contributed by atoms with Gasteiger partial charge in [0.25, 0.3) is 0 Å². The van der Waals surface area contributed by atoms with Crippen LogP contribution in [0, 0.1) is 0 Å². The first kappa shape index (κ1) is 14.7. The first-order valence-electron chi connectivity index (χ1n) is 6.44. The summed E-state index contributed by atoms with van der Waals surface area (Å²) in [7, 11) is 1.86. The zero-order valence-corrected chi connectivity index (χ0v) is 12.0. The maximum atomic E-state index is 5.64. The Balaban J connectivity index is 2.72. The van der Waals surface area contributed by atoms with Crippen LogP contribution < -0.4 is 10.6 Å². The molecule has 0 amide bonds. The van der Waals surface area contributed by atoms with Gasteiger partial charge in [-0.15, -0.1) is 0 Å². The summed E-state index contributed by atoms with van der Waals surface area (Å²) < 4.78 is 5.64. The summed E-state index contributed by atoms with van der Waals surface area (Å²) in [5.41, 5.74) is -0.202. The molecule has 0 saturated heterocycles. The van der Waals surface area contributed by atoms with Gasteiger partial charge in [0, 0.05) is 32.7 Å². The van der Waals surface area contributed by atoms with Crippen LogP contribution >= 0.6 is 0 Å². The largest absolute Gasteiger partial charge is 0.374 e. The number of hydrogen-bond acceptors (Lipinski definition) is 5. The van der Waals surface area contributed by atoms with Gasteiger partial charge in [-0.3, -0.25) is 0 Å². The molecular formula is C13H24N4O. The third kappa shape index (κ3) is 4.49. The highest BCUT2D eigenvalue weighted by atomic mass is 16.5. The summed E-state index contributed by atoms with van der Waals surface area (Å²) in [5.74, 6) is 2.50. The van der Waals surface area contributed by atoms with Crippen LogP contribution in [0.15, 0.2) is 6.07 Å². The van der Waals surface area contributed by atoms with Gasteiger partial charge in [-0.2, -0.15) is 0 Å². The van der Waals surface area contributed by atoms with E-state index < -0.39 is 0 Å². The molecule has 0 atom stereocenters. The molecule has 0 fully saturated rings. The third-order valence-corrected chi connectivity index (χ3v) is 2.58. The maximum Gasteiger partial charge on any atom is 0.132 e. The molecule has 0 unspecified atom stereocenters. The Kier molecular flexibility index (Phi) is 5.34. The molecule has 102 valence electrons. The van der Waals surface area contributed by atoms with Crippen LogP contribution in [0.3, 0.4) is 0 Å². The number of hydrogen-bond donors (Lipinski definition) is 2. The lowest BCUT2D eigenvalue weighted by atomic mass is 10.1. The number of aromatic nitrogens is 2. The molecule has 0 spiro atoms. The lowest BCUT2D eigenvalue weighted by Crippen LogP contribution is -2.33. The van der Waals surface area contributed by atoms with Crippen molar-refractivity contribution in [1.29, 1.82) is 0 Å². The summed E-state index contributed by atoms with van der Waals surface area (Å²) >= 11 is 0. The number of anilines is 2. The van der Waals surface area contributed by atoms with E-state index in [0.29, 0.717) is 13.2 Å². The van der Waals surface area contributed by atoms with Crippen LogP contribution in [0.25, 0.3) is 0 Å². The molecule has 0 radical (unpaired) electrons. The first-order chi connectivity index (χ1) is 8.50. The second-order valence-corrected chi connectivity index (χ2v) is 4.70. The zero-order chi connectivity index (χ0) is 13.6. The normalized spacial score (nSPS) is 11.4. The van der Waals surface area contributed by atoms with E-state index in [1.54, 1.807) is 0 Å². The van der Waals surface area contributed by atoms with Gasteiger partial charge in [0.05, 0.1) is 5.60 Å². The predicted molar refractivity (Wildman–Crippen MR) is 75.2 cm³/mol. The fourth-order valence-electron chi connectivity index (χ4n) is 1.62. The molecule has 0 aliphatic carbocycles. The molecule has 0 aliphatic rings. The van der Waals surface area contributed by atoms with E-state index in [-0.39, 0.29) is 5.60 Å². The average Bonchev–Trinajstić information content (AvgIpc) is 2.36. The van der Waals surface area contributed by atoms with Gasteiger partial charge in [-0.05, 0) is 20.8 Å². The third-order valence-electron chi connectivity index (χ3n) is 2.58. The highest BCUT2D eigenvalue weighted by Gasteiger charge is 2.17. The van der Waals surface area contributed by atoms with E-state index in [0.717, 1.165) is 23.9 Å². The zero-order valence-electron chi connectivity index (χ0n) is 12.0. The fourth-order valence-corrected chi connectivity index (χ4v) is 1.62. The van der Waals surface area contributed by atoms with Crippen LogP contribution in [0.1, 0.15) is 33.5 Å². The molecule has 5 nitrogen and oxygen atoms in total. The summed E-state index contributed by atoms with van der Waals surface area (Å²) in [5, 5.41) is 6.35. The van der Waals surface area contributed by atoms with Crippen molar-refractivity contribution in [1.82, 2.24) is 9.97 Å². The van der Waals surface area contributed by atoms with E-state index in [2.05, 4.69) is 34.4 Å². The quantitative estimate of drug-likeness (QED) is 0.780. The van der Waals surface area contributed by atoms with Crippen molar-refractivity contribution >= 4 is 11.6 Å². The van der Waals surface area contributed by atoms with Crippen molar-refractivity contribution in [3.63, 3.8) is 0 Å². The summed E-state index contributed by atoms with van der Waals surface area (Å²) in [6, 6.07) is 1.90. The topological polar surface area (TPSA) is 59.1 Å². The number of ether oxygens (including phenoxy) is 1. The Morgan fingerprint density at radius 3 is 2.44 bits per heavy atom. The van der Waals surface area contributed by atoms with Gasteiger partial charge in [0.2, 0.25) is 0 Å². The van der Waals surface area contributed by atoms with Crippen LogP contribution in [0.4, 0.5) is 11.6 Å². The van der Waals surface area contributed by atoms with E-state index in [9.17, 15) is 0 Å². The molecule has 1 aromatic rings. The van der Waals surface area contributed by atoms with Crippen LogP contribution in [0.5, 0.6) is 0 Å². The van der Waals surface area contributed by atoms with E-state index in [1.165, 1.54) is 0 Å². The van der Waals surface area contributed by atoms with Crippen LogP contribution in [-0.2, 0) is 11.2 Å². The highest BCUT2D eigenvalue weighted by Crippen LogP contribution is 2.14. The van der Waals surface area contributed by atoms with Crippen molar-refractivity contribution in [2.45, 2.75) is 39.7 Å². The van der Waals surface area contributed by atoms with Crippen molar-refractivity contribution < 1.29 is 4.74 Å². The number of rotatable bonds is 7. The Morgan fingerprint density at radius 2 is 1.89 bits per heavy atom. The van der Waals surface area contributed by atoms with E-state index in [4.69, 9.17) is 4.74 Å². The van der Waals surface area contributed by atoms with E-state index in [1.807, 2.05) is 27.0 Å². The molecule has 18 heavy (non-hydrogen) atoms. The molecule has 1 rings (SSSR count). The van der Waals surface area contributed by atoms with Gasteiger partial charge in [-0.25, -0.2) is 9.97 Å². The SMILES string of the molecule is CCOC(C)(C)CNc1cc(NC)nc(CC)n1. The second-order valence-electron chi connectivity index (χ2n) is 4.70. The smallest absolute Gasteiger partial charge is 0.132 e. The fraction of sp³-hybridized carbons (Fsp3) is 0.692. The minimum Gasteiger partial charge on any atom is -0.374 e. The summed E-state index contributed by atoms with van der Waals surface area (Å²) in [6.45, 7) is 9.59. The number of nitrogens with zero attached hydrogens (tertiary/aromatic N) is 2. The predicted octanol–water partition coefficient (Wildman–Crippen LogP) is 2.31. The lowest BCUT2D eigenvalue weighted by Gasteiger charge is -2.25. The molecular weight excluding hydrogens is 228 g/mol. The molecule has 1 heterocycles. The van der Waals surface area contributed by atoms with Crippen molar-refractivity contribution in [3.05, 3.63) is 11.9 Å². The maximum absolute atomic E-state index is 5.64. The monoisotopic (exact) mass is 252 g/mol. The Labute approximate surface area is 109 Å². The molecule has 0 aliphatic heterocycles.